The molecule has 1 rings (SSSR count). The fourth-order valence-corrected chi connectivity index (χ4v) is 4.99. The molecule has 1 heterocycles. The van der Waals surface area contributed by atoms with Crippen molar-refractivity contribution in [2.75, 3.05) is 31.4 Å². The third kappa shape index (κ3) is 9.22. The molecule has 0 aliphatic rings. The van der Waals surface area contributed by atoms with Crippen molar-refractivity contribution in [3.05, 3.63) is 22.5 Å². The Morgan fingerprint density at radius 2 is 1.71 bits per heavy atom. The molecule has 218 valence electrons. The van der Waals surface area contributed by atoms with Gasteiger partial charge in [-0.05, 0) is 34.6 Å². The highest BCUT2D eigenvalue weighted by Crippen LogP contribution is 2.41. The highest BCUT2D eigenvalue weighted by atomic mass is 35.5. The van der Waals surface area contributed by atoms with Crippen LogP contribution in [0.3, 0.4) is 0 Å². The van der Waals surface area contributed by atoms with Crippen molar-refractivity contribution < 1.29 is 46.8 Å². The molecule has 0 radical (unpaired) electrons. The molecule has 0 spiro atoms. The number of nitrogen functional groups attached to an aromatic ring is 1. The molecule has 0 aromatic carbocycles. The highest BCUT2D eigenvalue weighted by Gasteiger charge is 2.45. The first-order valence-electron chi connectivity index (χ1n) is 11.4. The van der Waals surface area contributed by atoms with Gasteiger partial charge >= 0.3 is 25.3 Å². The lowest BCUT2D eigenvalue weighted by Gasteiger charge is -2.36. The van der Waals surface area contributed by atoms with Gasteiger partial charge in [0.05, 0.1) is 31.9 Å². The molecule has 5 atom stereocenters. The predicted molar refractivity (Wildman–Crippen MR) is 131 cm³/mol. The number of nitrogens with one attached hydrogen (secondary N) is 2. The first-order chi connectivity index (χ1) is 17.6. The molecule has 0 saturated carbocycles. The van der Waals surface area contributed by atoms with E-state index >= 15 is 0 Å². The minimum absolute atomic E-state index is 0.0117. The van der Waals surface area contributed by atoms with Gasteiger partial charge in [0.1, 0.15) is 18.3 Å². The second kappa shape index (κ2) is 14.8. The zero-order chi connectivity index (χ0) is 29.3. The maximum Gasteiger partial charge on any atom is 0.351 e. The minimum Gasteiger partial charge on any atom is -0.465 e. The number of hydrogen-bond acceptors (Lipinski definition) is 11. The number of anilines is 1. The number of alkyl halides is 2. The fraction of sp³-hybridized carbons (Fsp3) is 0.700. The largest absolute Gasteiger partial charge is 0.465 e. The fourth-order valence-electron chi connectivity index (χ4n) is 2.87. The summed E-state index contributed by atoms with van der Waals surface area (Å²) in [6.07, 6.45) is -3.73. The second-order valence-electron chi connectivity index (χ2n) is 7.95. The van der Waals surface area contributed by atoms with E-state index in [4.69, 9.17) is 36.1 Å². The van der Waals surface area contributed by atoms with E-state index in [1.54, 1.807) is 13.8 Å². The zero-order valence-electron chi connectivity index (χ0n) is 21.5. The Labute approximate surface area is 222 Å². The van der Waals surface area contributed by atoms with Crippen molar-refractivity contribution in [1.29, 1.82) is 0 Å². The maximum absolute atomic E-state index is 14.5. The number of esters is 2. The molecular weight excluding hydrogens is 559 g/mol. The van der Waals surface area contributed by atoms with Gasteiger partial charge in [0.2, 0.25) is 6.36 Å². The van der Waals surface area contributed by atoms with Crippen LogP contribution in [-0.2, 0) is 32.9 Å². The van der Waals surface area contributed by atoms with Gasteiger partial charge in [0.25, 0.3) is 0 Å². The van der Waals surface area contributed by atoms with Crippen LogP contribution >= 0.6 is 19.3 Å². The number of carbonyl (C=O) groups excluding carboxylic acids is 2. The third-order valence-corrected chi connectivity index (χ3v) is 7.29. The summed E-state index contributed by atoms with van der Waals surface area (Å²) in [5, 5.41) is 14.6. The number of nitrogens with zero attached hydrogens (tertiary/aromatic N) is 2. The van der Waals surface area contributed by atoms with E-state index in [0.29, 0.717) is 10.8 Å². The van der Waals surface area contributed by atoms with Crippen LogP contribution in [0.25, 0.3) is 0 Å². The van der Waals surface area contributed by atoms with Gasteiger partial charge in [-0.3, -0.25) is 18.7 Å². The minimum atomic E-state index is -4.45. The van der Waals surface area contributed by atoms with Gasteiger partial charge in [-0.25, -0.2) is 23.7 Å². The number of nitrogens with two attached hydrogens (primary N) is 1. The van der Waals surface area contributed by atoms with E-state index < -0.39 is 79.7 Å². The van der Waals surface area contributed by atoms with E-state index in [0.717, 1.165) is 0 Å². The van der Waals surface area contributed by atoms with Crippen LogP contribution in [0.1, 0.15) is 40.8 Å². The number of aliphatic hydroxyl groups excluding tert-OH is 1. The Kier molecular flexibility index (Phi) is 13.2. The number of carbonyl (C=O) groups is 2. The molecule has 38 heavy (non-hydrogen) atoms. The zero-order valence-corrected chi connectivity index (χ0v) is 23.1. The van der Waals surface area contributed by atoms with Crippen LogP contribution in [0.2, 0.25) is 0 Å². The number of aromatic nitrogens is 2. The van der Waals surface area contributed by atoms with E-state index in [1.165, 1.54) is 20.8 Å². The van der Waals surface area contributed by atoms with E-state index in [2.05, 4.69) is 15.2 Å². The van der Waals surface area contributed by atoms with Crippen molar-refractivity contribution in [1.82, 2.24) is 19.7 Å². The van der Waals surface area contributed by atoms with Crippen molar-refractivity contribution >= 4 is 37.0 Å². The first-order valence-corrected chi connectivity index (χ1v) is 13.5. The summed E-state index contributed by atoms with van der Waals surface area (Å²) in [6.45, 7) is 5.82. The molecule has 1 unspecified atom stereocenters. The van der Waals surface area contributed by atoms with Gasteiger partial charge in [-0.15, -0.1) is 11.6 Å². The Bertz CT molecular complexity index is 1040. The van der Waals surface area contributed by atoms with Gasteiger partial charge in [0, 0.05) is 0 Å². The van der Waals surface area contributed by atoms with Crippen LogP contribution in [0.4, 0.5) is 14.6 Å². The van der Waals surface area contributed by atoms with Crippen molar-refractivity contribution in [3.63, 3.8) is 0 Å². The summed E-state index contributed by atoms with van der Waals surface area (Å²) in [6, 6.07) is -2.49. The Morgan fingerprint density at radius 1 is 1.21 bits per heavy atom. The highest BCUT2D eigenvalue weighted by molar-refractivity contribution is 7.54. The molecule has 0 aliphatic heterocycles. The molecule has 0 bridgehead atoms. The predicted octanol–water partition coefficient (Wildman–Crippen LogP) is 0.972. The standard InChI is InChI=1S/C20H33ClF2N5O9P/c1-6-34-16(29)11(3)26-38(33,27-12(4)17(30)35-7-2)36-10-20(9-21,18(23)31)37-13(5)28-8-14(22)15(24)25-19(28)32/h8,11-13,18,31H,6-7,9-10H2,1-5H3,(H2,24,25,32)(H2,26,27,33)/t11-,12-,13+,18?,20+/m0/s1. The summed E-state index contributed by atoms with van der Waals surface area (Å²) in [4.78, 5) is 39.6. The third-order valence-electron chi connectivity index (χ3n) is 4.89. The summed E-state index contributed by atoms with van der Waals surface area (Å²) in [5.74, 6) is -4.22. The Morgan fingerprint density at radius 3 is 2.13 bits per heavy atom. The maximum atomic E-state index is 14.5. The molecule has 1 aromatic rings. The molecule has 14 nitrogen and oxygen atoms in total. The summed E-state index contributed by atoms with van der Waals surface area (Å²) < 4.78 is 63.1. The van der Waals surface area contributed by atoms with Crippen LogP contribution in [-0.4, -0.2) is 76.3 Å². The van der Waals surface area contributed by atoms with Crippen LogP contribution in [0.5, 0.6) is 0 Å². The van der Waals surface area contributed by atoms with Crippen molar-refractivity contribution in [3.8, 4) is 0 Å². The topological polar surface area (TPSA) is 193 Å². The second-order valence-corrected chi connectivity index (χ2v) is 10.1. The number of halogens is 3. The van der Waals surface area contributed by atoms with Crippen LogP contribution in [0.15, 0.2) is 11.0 Å². The molecule has 1 aromatic heterocycles. The number of ether oxygens (including phenoxy) is 3. The number of rotatable bonds is 16. The first kappa shape index (κ1) is 33.8. The van der Waals surface area contributed by atoms with Gasteiger partial charge < -0.3 is 29.6 Å². The molecule has 0 fully saturated rings. The SMILES string of the molecule is CCOC(=O)[C@H](C)NP(=O)(N[C@@H](C)C(=O)OCC)OC[C@@](CCl)(O[C@H](C)n1cc(F)c(N)nc1=O)C(O)F. The number of aliphatic hydroxyl groups is 1. The normalized spacial score (nSPS) is 16.7. The molecular formula is C20H33ClF2N5O9P. The van der Waals surface area contributed by atoms with Crippen molar-refractivity contribution in [2.45, 2.75) is 64.9 Å². The van der Waals surface area contributed by atoms with Crippen molar-refractivity contribution in [2.24, 2.45) is 0 Å². The molecule has 5 N–H and O–H groups in total. The molecule has 0 aliphatic carbocycles. The van der Waals surface area contributed by atoms with Gasteiger partial charge in [-0.2, -0.15) is 4.98 Å². The number of hydrogen-bond donors (Lipinski definition) is 4. The summed E-state index contributed by atoms with van der Waals surface area (Å²) in [5.41, 5.74) is 1.71. The van der Waals surface area contributed by atoms with Gasteiger partial charge in [-0.1, -0.05) is 0 Å². The quantitative estimate of drug-likeness (QED) is 0.121. The molecule has 0 saturated heterocycles. The lowest BCUT2D eigenvalue weighted by Crippen LogP contribution is -2.51. The van der Waals surface area contributed by atoms with Gasteiger partial charge in [0.15, 0.2) is 17.2 Å². The lowest BCUT2D eigenvalue weighted by atomic mass is 10.1. The average Bonchev–Trinajstić information content (AvgIpc) is 2.83. The van der Waals surface area contributed by atoms with E-state index in [-0.39, 0.29) is 13.2 Å². The lowest BCUT2D eigenvalue weighted by molar-refractivity contribution is -0.212. The van der Waals surface area contributed by atoms with Crippen LogP contribution < -0.4 is 21.6 Å². The summed E-state index contributed by atoms with van der Waals surface area (Å²) in [7, 11) is -4.45. The smallest absolute Gasteiger partial charge is 0.351 e. The molecule has 0 amide bonds. The monoisotopic (exact) mass is 591 g/mol. The van der Waals surface area contributed by atoms with E-state index in [9.17, 15) is 32.8 Å². The Balaban J connectivity index is 3.29. The summed E-state index contributed by atoms with van der Waals surface area (Å²) >= 11 is 5.89. The van der Waals surface area contributed by atoms with E-state index in [1.807, 2.05) is 0 Å². The average molecular weight is 592 g/mol. The molecule has 18 heteroatoms. The van der Waals surface area contributed by atoms with Crippen LogP contribution in [0, 0.1) is 5.82 Å². The Hall–Kier alpha value is -2.20.